The van der Waals surface area contributed by atoms with E-state index < -0.39 is 17.5 Å². The summed E-state index contributed by atoms with van der Waals surface area (Å²) in [6.45, 7) is 5.92. The quantitative estimate of drug-likeness (QED) is 0.509. The van der Waals surface area contributed by atoms with Gasteiger partial charge in [-0.15, -0.1) is 0 Å². The van der Waals surface area contributed by atoms with E-state index in [1.165, 1.54) is 11.0 Å². The molecule has 6 nitrogen and oxygen atoms in total. The number of piperazine rings is 1. The maximum Gasteiger partial charge on any atom is 0.254 e. The van der Waals surface area contributed by atoms with E-state index >= 15 is 0 Å². The van der Waals surface area contributed by atoms with Gasteiger partial charge in [-0.3, -0.25) is 9.59 Å². The summed E-state index contributed by atoms with van der Waals surface area (Å²) >= 11 is 6.40. The number of halogens is 3. The monoisotopic (exact) mass is 480 g/mol. The van der Waals surface area contributed by atoms with Gasteiger partial charge in [0.2, 0.25) is 0 Å². The predicted molar refractivity (Wildman–Crippen MR) is 121 cm³/mol. The molecule has 0 spiro atoms. The molecule has 178 valence electrons. The molecular formula is C24H27ClF2N2O4. The Morgan fingerprint density at radius 1 is 0.909 bits per heavy atom. The van der Waals surface area contributed by atoms with Gasteiger partial charge in [0, 0.05) is 37.3 Å². The predicted octanol–water partition coefficient (Wildman–Crippen LogP) is 4.79. The van der Waals surface area contributed by atoms with Gasteiger partial charge in [-0.2, -0.15) is 0 Å². The Hall–Kier alpha value is -2.87. The highest BCUT2D eigenvalue weighted by molar-refractivity contribution is 6.32. The fourth-order valence-corrected chi connectivity index (χ4v) is 3.79. The highest BCUT2D eigenvalue weighted by Crippen LogP contribution is 2.37. The van der Waals surface area contributed by atoms with E-state index in [-0.39, 0.29) is 24.6 Å². The average Bonchev–Trinajstić information content (AvgIpc) is 2.81. The number of ether oxygens (including phenoxy) is 2. The first-order chi connectivity index (χ1) is 15.8. The van der Waals surface area contributed by atoms with E-state index in [4.69, 9.17) is 21.1 Å². The van der Waals surface area contributed by atoms with Crippen molar-refractivity contribution < 1.29 is 27.8 Å². The Morgan fingerprint density at radius 3 is 2.12 bits per heavy atom. The number of carbonyl (C=O) groups excluding carboxylic acids is 2. The minimum absolute atomic E-state index is 0.0699. The first kappa shape index (κ1) is 24.8. The molecule has 0 aromatic heterocycles. The van der Waals surface area contributed by atoms with Gasteiger partial charge in [-0.25, -0.2) is 8.78 Å². The maximum absolute atomic E-state index is 13.5. The molecule has 0 radical (unpaired) electrons. The third-order valence-corrected chi connectivity index (χ3v) is 5.60. The van der Waals surface area contributed by atoms with E-state index in [9.17, 15) is 18.4 Å². The van der Waals surface area contributed by atoms with Crippen LogP contribution in [0.5, 0.6) is 11.5 Å². The van der Waals surface area contributed by atoms with Crippen molar-refractivity contribution in [3.8, 4) is 11.5 Å². The molecule has 0 bridgehead atoms. The minimum atomic E-state index is -1.07. The topological polar surface area (TPSA) is 59.1 Å². The summed E-state index contributed by atoms with van der Waals surface area (Å²) < 4.78 is 38.0. The van der Waals surface area contributed by atoms with Crippen LogP contribution in [-0.4, -0.2) is 61.0 Å². The molecule has 0 atom stereocenters. The average molecular weight is 481 g/mol. The standard InChI is InChI=1S/C24H27ClF2N2O4/c1-3-5-12-33-22-18(25)13-17(15-21(22)32-4-2)24(31)29-10-8-28(9-11-29)23(30)16-6-7-19(26)20(27)14-16/h6-7,13-15H,3-5,8-12H2,1-2H3. The third-order valence-electron chi connectivity index (χ3n) is 5.32. The zero-order valence-electron chi connectivity index (χ0n) is 18.7. The number of nitrogens with zero attached hydrogens (tertiary/aromatic N) is 2. The minimum Gasteiger partial charge on any atom is -0.490 e. The Bertz CT molecular complexity index is 1010. The normalized spacial score (nSPS) is 13.7. The van der Waals surface area contributed by atoms with Crippen LogP contribution in [0.2, 0.25) is 5.02 Å². The molecule has 0 N–H and O–H groups in total. The van der Waals surface area contributed by atoms with Gasteiger partial charge in [-0.05, 0) is 43.7 Å². The Kier molecular flexibility index (Phi) is 8.49. The zero-order chi connectivity index (χ0) is 24.0. The summed E-state index contributed by atoms with van der Waals surface area (Å²) in [5, 5.41) is 0.299. The summed E-state index contributed by atoms with van der Waals surface area (Å²) in [4.78, 5) is 28.8. The van der Waals surface area contributed by atoms with Crippen LogP contribution in [0.15, 0.2) is 30.3 Å². The largest absolute Gasteiger partial charge is 0.490 e. The lowest BCUT2D eigenvalue weighted by Crippen LogP contribution is -2.50. The molecule has 2 amide bonds. The van der Waals surface area contributed by atoms with Crippen molar-refractivity contribution in [2.75, 3.05) is 39.4 Å². The summed E-state index contributed by atoms with van der Waals surface area (Å²) in [6.07, 6.45) is 1.85. The molecule has 0 aliphatic carbocycles. The summed E-state index contributed by atoms with van der Waals surface area (Å²) in [5.41, 5.74) is 0.437. The molecule has 9 heteroatoms. The van der Waals surface area contributed by atoms with Crippen molar-refractivity contribution in [1.29, 1.82) is 0 Å². The van der Waals surface area contributed by atoms with Crippen molar-refractivity contribution in [1.82, 2.24) is 9.80 Å². The third kappa shape index (κ3) is 5.93. The van der Waals surface area contributed by atoms with Crippen molar-refractivity contribution in [3.05, 3.63) is 58.1 Å². The fraction of sp³-hybridized carbons (Fsp3) is 0.417. The van der Waals surface area contributed by atoms with Crippen LogP contribution in [0, 0.1) is 11.6 Å². The molecule has 1 aliphatic rings. The highest BCUT2D eigenvalue weighted by atomic mass is 35.5. The second-order valence-electron chi connectivity index (χ2n) is 7.63. The number of unbranched alkanes of at least 4 members (excludes halogenated alkanes) is 1. The first-order valence-corrected chi connectivity index (χ1v) is 11.4. The van der Waals surface area contributed by atoms with E-state index in [1.54, 1.807) is 17.0 Å². The van der Waals surface area contributed by atoms with Gasteiger partial charge in [0.05, 0.1) is 18.2 Å². The number of rotatable bonds is 8. The summed E-state index contributed by atoms with van der Waals surface area (Å²) in [5.74, 6) is -1.89. The van der Waals surface area contributed by atoms with Crippen LogP contribution in [0.25, 0.3) is 0 Å². The van der Waals surface area contributed by atoms with Gasteiger partial charge in [0.15, 0.2) is 23.1 Å². The van der Waals surface area contributed by atoms with Crippen LogP contribution in [0.1, 0.15) is 47.4 Å². The molecule has 2 aromatic rings. The van der Waals surface area contributed by atoms with Crippen molar-refractivity contribution in [3.63, 3.8) is 0 Å². The SMILES string of the molecule is CCCCOc1c(Cl)cc(C(=O)N2CCN(C(=O)c3ccc(F)c(F)c3)CC2)cc1OCC. The Morgan fingerprint density at radius 2 is 1.55 bits per heavy atom. The molecule has 3 rings (SSSR count). The number of hydrogen-bond acceptors (Lipinski definition) is 4. The molecule has 1 saturated heterocycles. The first-order valence-electron chi connectivity index (χ1n) is 11.0. The molecule has 33 heavy (non-hydrogen) atoms. The second-order valence-corrected chi connectivity index (χ2v) is 8.04. The number of hydrogen-bond donors (Lipinski definition) is 0. The van der Waals surface area contributed by atoms with Crippen molar-refractivity contribution in [2.45, 2.75) is 26.7 Å². The van der Waals surface area contributed by atoms with Crippen LogP contribution in [0.3, 0.4) is 0 Å². The van der Waals surface area contributed by atoms with E-state index in [2.05, 4.69) is 6.92 Å². The van der Waals surface area contributed by atoms with Gasteiger partial charge < -0.3 is 19.3 Å². The van der Waals surface area contributed by atoms with Crippen LogP contribution < -0.4 is 9.47 Å². The zero-order valence-corrected chi connectivity index (χ0v) is 19.5. The molecule has 1 heterocycles. The lowest BCUT2D eigenvalue weighted by Gasteiger charge is -2.35. The molecule has 1 fully saturated rings. The van der Waals surface area contributed by atoms with Gasteiger partial charge >= 0.3 is 0 Å². The molecule has 0 saturated carbocycles. The lowest BCUT2D eigenvalue weighted by molar-refractivity contribution is 0.0535. The highest BCUT2D eigenvalue weighted by Gasteiger charge is 2.27. The van der Waals surface area contributed by atoms with Gasteiger partial charge in [0.25, 0.3) is 11.8 Å². The Balaban J connectivity index is 1.68. The molecule has 2 aromatic carbocycles. The fourth-order valence-electron chi connectivity index (χ4n) is 3.52. The summed E-state index contributed by atoms with van der Waals surface area (Å²) in [6, 6.07) is 6.25. The van der Waals surface area contributed by atoms with E-state index in [0.29, 0.717) is 48.4 Å². The van der Waals surface area contributed by atoms with Crippen molar-refractivity contribution in [2.24, 2.45) is 0 Å². The second kappa shape index (κ2) is 11.3. The number of amides is 2. The van der Waals surface area contributed by atoms with Gasteiger partial charge in [-0.1, -0.05) is 24.9 Å². The Labute approximate surface area is 197 Å². The van der Waals surface area contributed by atoms with E-state index in [0.717, 1.165) is 25.0 Å². The van der Waals surface area contributed by atoms with Crippen LogP contribution in [-0.2, 0) is 0 Å². The molecule has 1 aliphatic heterocycles. The molecule has 0 unspecified atom stereocenters. The lowest BCUT2D eigenvalue weighted by atomic mass is 10.1. The maximum atomic E-state index is 13.5. The smallest absolute Gasteiger partial charge is 0.254 e. The summed E-state index contributed by atoms with van der Waals surface area (Å²) in [7, 11) is 0. The molecular weight excluding hydrogens is 454 g/mol. The number of benzene rings is 2. The number of carbonyl (C=O) groups is 2. The van der Waals surface area contributed by atoms with Gasteiger partial charge in [0.1, 0.15) is 0 Å². The van der Waals surface area contributed by atoms with E-state index in [1.807, 2.05) is 6.92 Å². The van der Waals surface area contributed by atoms with Crippen LogP contribution >= 0.6 is 11.6 Å². The van der Waals surface area contributed by atoms with Crippen LogP contribution in [0.4, 0.5) is 8.78 Å². The van der Waals surface area contributed by atoms with Crippen molar-refractivity contribution >= 4 is 23.4 Å².